The molecule has 2 aromatic carbocycles. The highest BCUT2D eigenvalue weighted by atomic mass is 32.2. The molecule has 3 nitrogen and oxygen atoms in total. The lowest BCUT2D eigenvalue weighted by Crippen LogP contribution is -1.98. The number of nitriles is 1. The first-order chi connectivity index (χ1) is 13.7. The summed E-state index contributed by atoms with van der Waals surface area (Å²) in [6.45, 7) is 2.93. The molecule has 144 valence electrons. The summed E-state index contributed by atoms with van der Waals surface area (Å²) < 4.78 is 5.85. The van der Waals surface area contributed by atoms with E-state index in [0.29, 0.717) is 12.8 Å². The Balaban J connectivity index is 1.67. The van der Waals surface area contributed by atoms with E-state index >= 15 is 0 Å². The minimum atomic E-state index is 0.0599. The topological polar surface area (TPSA) is 50.1 Å². The molecule has 0 atom stereocenters. The third-order valence-corrected chi connectivity index (χ3v) is 5.78. The van der Waals surface area contributed by atoms with Gasteiger partial charge in [-0.1, -0.05) is 56.1 Å². The molecule has 0 bridgehead atoms. The van der Waals surface area contributed by atoms with E-state index in [0.717, 1.165) is 45.3 Å². The summed E-state index contributed by atoms with van der Waals surface area (Å²) >= 11 is 1.51. The summed E-state index contributed by atoms with van der Waals surface area (Å²) in [6.07, 6.45) is 7.81. The third kappa shape index (κ3) is 5.27. The Morgan fingerprint density at radius 2 is 2.04 bits per heavy atom. The van der Waals surface area contributed by atoms with Gasteiger partial charge in [-0.25, -0.2) is 0 Å². The molecule has 0 saturated carbocycles. The monoisotopic (exact) mass is 391 g/mol. The van der Waals surface area contributed by atoms with E-state index in [9.17, 15) is 4.79 Å². The highest BCUT2D eigenvalue weighted by molar-refractivity contribution is 8.04. The SMILES string of the molecule is CCCCCCOc1cccc(/C=C2\Sc3ccc(CCC#N)cc3C2=O)c1. The molecule has 1 aliphatic rings. The molecule has 1 aliphatic heterocycles. The number of ether oxygens (including phenoxy) is 1. The van der Waals surface area contributed by atoms with Gasteiger partial charge in [0.2, 0.25) is 5.78 Å². The summed E-state index contributed by atoms with van der Waals surface area (Å²) in [5.74, 6) is 0.905. The molecule has 0 aromatic heterocycles. The van der Waals surface area contributed by atoms with Gasteiger partial charge in [0.1, 0.15) is 5.75 Å². The largest absolute Gasteiger partial charge is 0.494 e. The van der Waals surface area contributed by atoms with E-state index in [2.05, 4.69) is 13.0 Å². The maximum Gasteiger partial charge on any atom is 0.200 e. The second-order valence-electron chi connectivity index (χ2n) is 6.91. The number of carbonyl (C=O) groups excluding carboxylic acids is 1. The van der Waals surface area contributed by atoms with Crippen molar-refractivity contribution in [2.45, 2.75) is 50.3 Å². The minimum absolute atomic E-state index is 0.0599. The highest BCUT2D eigenvalue weighted by Gasteiger charge is 2.26. The molecular weight excluding hydrogens is 366 g/mol. The number of hydrogen-bond donors (Lipinski definition) is 0. The molecule has 0 aliphatic carbocycles. The molecule has 0 unspecified atom stereocenters. The number of thioether (sulfide) groups is 1. The van der Waals surface area contributed by atoms with E-state index in [4.69, 9.17) is 10.00 Å². The number of fused-ring (bicyclic) bond motifs is 1. The molecular formula is C24H25NO2S. The van der Waals surface area contributed by atoms with Crippen LogP contribution in [0.15, 0.2) is 52.3 Å². The average molecular weight is 392 g/mol. The van der Waals surface area contributed by atoms with Crippen LogP contribution in [0.1, 0.15) is 60.5 Å². The number of unbranched alkanes of at least 4 members (excludes halogenated alkanes) is 3. The van der Waals surface area contributed by atoms with Crippen molar-refractivity contribution in [3.8, 4) is 11.8 Å². The Kier molecular flexibility index (Phi) is 7.33. The van der Waals surface area contributed by atoms with Gasteiger partial charge in [-0.15, -0.1) is 0 Å². The van der Waals surface area contributed by atoms with Crippen molar-refractivity contribution in [1.82, 2.24) is 0 Å². The fourth-order valence-corrected chi connectivity index (χ4v) is 4.19. The lowest BCUT2D eigenvalue weighted by molar-refractivity contribution is 0.104. The van der Waals surface area contributed by atoms with Crippen LogP contribution in [-0.2, 0) is 6.42 Å². The van der Waals surface area contributed by atoms with Crippen molar-refractivity contribution >= 4 is 23.6 Å². The second-order valence-corrected chi connectivity index (χ2v) is 7.99. The van der Waals surface area contributed by atoms with Crippen LogP contribution in [0.3, 0.4) is 0 Å². The number of aryl methyl sites for hydroxylation is 1. The fraction of sp³-hybridized carbons (Fsp3) is 0.333. The maximum absolute atomic E-state index is 12.8. The van der Waals surface area contributed by atoms with Gasteiger partial charge in [0, 0.05) is 16.9 Å². The predicted octanol–water partition coefficient (Wildman–Crippen LogP) is 6.43. The first-order valence-corrected chi connectivity index (χ1v) is 10.7. The molecule has 28 heavy (non-hydrogen) atoms. The van der Waals surface area contributed by atoms with Gasteiger partial charge in [-0.3, -0.25) is 4.79 Å². The lowest BCUT2D eigenvalue weighted by atomic mass is 10.0. The van der Waals surface area contributed by atoms with Crippen LogP contribution in [-0.4, -0.2) is 12.4 Å². The van der Waals surface area contributed by atoms with Gasteiger partial charge < -0.3 is 4.74 Å². The van der Waals surface area contributed by atoms with Crippen molar-refractivity contribution in [2.24, 2.45) is 0 Å². The van der Waals surface area contributed by atoms with E-state index in [1.807, 2.05) is 48.5 Å². The number of nitrogens with zero attached hydrogens (tertiary/aromatic N) is 1. The minimum Gasteiger partial charge on any atom is -0.494 e. The zero-order chi connectivity index (χ0) is 19.8. The predicted molar refractivity (Wildman–Crippen MR) is 115 cm³/mol. The van der Waals surface area contributed by atoms with Gasteiger partial charge in [-0.2, -0.15) is 5.26 Å². The molecule has 2 aromatic rings. The van der Waals surface area contributed by atoms with Crippen LogP contribution < -0.4 is 4.74 Å². The first kappa shape index (κ1) is 20.2. The Bertz CT molecular complexity index is 911. The molecule has 1 heterocycles. The Morgan fingerprint density at radius 3 is 2.86 bits per heavy atom. The quantitative estimate of drug-likeness (QED) is 0.365. The van der Waals surface area contributed by atoms with Crippen molar-refractivity contribution in [3.05, 3.63) is 64.1 Å². The van der Waals surface area contributed by atoms with Gasteiger partial charge in [0.25, 0.3) is 0 Å². The van der Waals surface area contributed by atoms with Crippen LogP contribution in [0.4, 0.5) is 0 Å². The van der Waals surface area contributed by atoms with Crippen molar-refractivity contribution in [3.63, 3.8) is 0 Å². The smallest absolute Gasteiger partial charge is 0.200 e. The van der Waals surface area contributed by atoms with Gasteiger partial charge in [-0.05, 0) is 54.3 Å². The van der Waals surface area contributed by atoms with E-state index in [-0.39, 0.29) is 5.78 Å². The number of hydrogen-bond acceptors (Lipinski definition) is 4. The fourth-order valence-electron chi connectivity index (χ4n) is 3.16. The number of rotatable bonds is 9. The molecule has 0 spiro atoms. The third-order valence-electron chi connectivity index (χ3n) is 4.68. The van der Waals surface area contributed by atoms with Crippen LogP contribution in [0, 0.1) is 11.3 Å². The van der Waals surface area contributed by atoms with Gasteiger partial charge >= 0.3 is 0 Å². The zero-order valence-corrected chi connectivity index (χ0v) is 17.1. The zero-order valence-electron chi connectivity index (χ0n) is 16.2. The maximum atomic E-state index is 12.8. The molecule has 3 rings (SSSR count). The van der Waals surface area contributed by atoms with E-state index in [1.165, 1.54) is 31.0 Å². The average Bonchev–Trinajstić information content (AvgIpc) is 3.01. The Morgan fingerprint density at radius 1 is 1.14 bits per heavy atom. The van der Waals surface area contributed by atoms with Crippen LogP contribution in [0.5, 0.6) is 5.75 Å². The molecule has 0 fully saturated rings. The summed E-state index contributed by atoms with van der Waals surface area (Å²) in [5.41, 5.74) is 2.75. The Labute approximate surface area is 171 Å². The summed E-state index contributed by atoms with van der Waals surface area (Å²) in [6, 6.07) is 16.0. The highest BCUT2D eigenvalue weighted by Crippen LogP contribution is 2.41. The summed E-state index contributed by atoms with van der Waals surface area (Å²) in [4.78, 5) is 14.5. The summed E-state index contributed by atoms with van der Waals surface area (Å²) in [7, 11) is 0. The number of carbonyl (C=O) groups is 1. The van der Waals surface area contributed by atoms with E-state index < -0.39 is 0 Å². The number of ketones is 1. The van der Waals surface area contributed by atoms with Gasteiger partial charge in [0.15, 0.2) is 0 Å². The number of benzene rings is 2. The molecule has 0 amide bonds. The van der Waals surface area contributed by atoms with Crippen molar-refractivity contribution in [1.29, 1.82) is 5.26 Å². The van der Waals surface area contributed by atoms with Crippen LogP contribution in [0.25, 0.3) is 6.08 Å². The molecule has 0 radical (unpaired) electrons. The molecule has 4 heteroatoms. The second kappa shape index (κ2) is 10.1. The van der Waals surface area contributed by atoms with E-state index in [1.54, 1.807) is 0 Å². The Hall–Kier alpha value is -2.51. The molecule has 0 N–H and O–H groups in total. The number of Topliss-reactive ketones (excluding diaryl/α,β-unsaturated/α-hetero) is 1. The number of allylic oxidation sites excluding steroid dienone is 1. The van der Waals surface area contributed by atoms with Crippen LogP contribution in [0.2, 0.25) is 0 Å². The van der Waals surface area contributed by atoms with Gasteiger partial charge in [0.05, 0.1) is 17.6 Å². The summed E-state index contributed by atoms with van der Waals surface area (Å²) in [5, 5.41) is 8.75. The van der Waals surface area contributed by atoms with Crippen molar-refractivity contribution in [2.75, 3.05) is 6.61 Å². The normalized spacial score (nSPS) is 14.1. The van der Waals surface area contributed by atoms with Crippen LogP contribution >= 0.6 is 11.8 Å². The first-order valence-electron chi connectivity index (χ1n) is 9.88. The van der Waals surface area contributed by atoms with Crippen molar-refractivity contribution < 1.29 is 9.53 Å². The lowest BCUT2D eigenvalue weighted by Gasteiger charge is -2.06. The molecule has 0 saturated heterocycles. The standard InChI is InChI=1S/C24H25NO2S/c1-2-3-4-5-14-27-20-10-6-8-19(15-20)17-23-24(26)21-16-18(9-7-13-25)11-12-22(21)28-23/h6,8,10-12,15-17H,2-5,7,9,14H2,1H3/b23-17-.